The monoisotopic (exact) mass is 352 g/mol. The van der Waals surface area contributed by atoms with Gasteiger partial charge in [-0.15, -0.1) is 0 Å². The number of anilines is 1. The van der Waals surface area contributed by atoms with E-state index in [9.17, 15) is 9.59 Å². The van der Waals surface area contributed by atoms with E-state index in [1.807, 2.05) is 20.8 Å². The predicted octanol–water partition coefficient (Wildman–Crippen LogP) is 2.90. The number of amides is 2. The lowest BCUT2D eigenvalue weighted by atomic mass is 9.96. The standard InChI is InChI=1S/C20H24N4O2/c1-6-17(25)24(15-8-7-13(2)16(9-15)18(21)26)12-14-10-22-19(23-11-14)20(3,4)5/h6-11H,1,12H2,2-5H3,(H2,21,26). The minimum Gasteiger partial charge on any atom is -0.366 e. The molecule has 26 heavy (non-hydrogen) atoms. The minimum absolute atomic E-state index is 0.150. The zero-order valence-corrected chi connectivity index (χ0v) is 15.6. The lowest BCUT2D eigenvalue weighted by Gasteiger charge is -2.23. The third-order valence-electron chi connectivity index (χ3n) is 3.96. The summed E-state index contributed by atoms with van der Waals surface area (Å²) in [5, 5.41) is 0. The Morgan fingerprint density at radius 1 is 1.23 bits per heavy atom. The summed E-state index contributed by atoms with van der Waals surface area (Å²) in [5.41, 5.74) is 7.74. The van der Waals surface area contributed by atoms with E-state index in [0.717, 1.165) is 17.0 Å². The minimum atomic E-state index is -0.534. The SMILES string of the molecule is C=CC(=O)N(Cc1cnc(C(C)(C)C)nc1)c1ccc(C)c(C(N)=O)c1. The van der Waals surface area contributed by atoms with Crippen molar-refractivity contribution in [3.63, 3.8) is 0 Å². The van der Waals surface area contributed by atoms with Gasteiger partial charge in [-0.3, -0.25) is 9.59 Å². The van der Waals surface area contributed by atoms with Crippen LogP contribution in [0.25, 0.3) is 0 Å². The van der Waals surface area contributed by atoms with Crippen molar-refractivity contribution >= 4 is 17.5 Å². The Labute approximate surface area is 153 Å². The van der Waals surface area contributed by atoms with Crippen LogP contribution >= 0.6 is 0 Å². The maximum atomic E-state index is 12.4. The van der Waals surface area contributed by atoms with Crippen LogP contribution < -0.4 is 10.6 Å². The lowest BCUT2D eigenvalue weighted by molar-refractivity contribution is -0.114. The number of rotatable bonds is 5. The molecule has 0 fully saturated rings. The lowest BCUT2D eigenvalue weighted by Crippen LogP contribution is -2.29. The van der Waals surface area contributed by atoms with Crippen LogP contribution in [0, 0.1) is 6.92 Å². The molecule has 0 aliphatic carbocycles. The molecule has 1 aromatic carbocycles. The molecule has 0 spiro atoms. The topological polar surface area (TPSA) is 89.2 Å². The molecular weight excluding hydrogens is 328 g/mol. The molecule has 0 saturated heterocycles. The molecule has 2 aromatic rings. The summed E-state index contributed by atoms with van der Waals surface area (Å²) in [6.07, 6.45) is 4.65. The van der Waals surface area contributed by atoms with Gasteiger partial charge in [-0.1, -0.05) is 33.4 Å². The first kappa shape index (κ1) is 19.3. The molecule has 0 bridgehead atoms. The zero-order chi connectivity index (χ0) is 19.5. The van der Waals surface area contributed by atoms with Crippen LogP contribution in [0.15, 0.2) is 43.2 Å². The van der Waals surface area contributed by atoms with Crippen molar-refractivity contribution in [1.82, 2.24) is 9.97 Å². The fourth-order valence-corrected chi connectivity index (χ4v) is 2.46. The average Bonchev–Trinajstić information content (AvgIpc) is 2.59. The van der Waals surface area contributed by atoms with Crippen LogP contribution in [0.3, 0.4) is 0 Å². The number of carbonyl (C=O) groups excluding carboxylic acids is 2. The summed E-state index contributed by atoms with van der Waals surface area (Å²) in [4.78, 5) is 34.3. The van der Waals surface area contributed by atoms with Gasteiger partial charge in [-0.25, -0.2) is 9.97 Å². The van der Waals surface area contributed by atoms with E-state index < -0.39 is 5.91 Å². The van der Waals surface area contributed by atoms with Gasteiger partial charge in [0.2, 0.25) is 5.91 Å². The molecule has 0 radical (unpaired) electrons. The second kappa shape index (κ2) is 7.47. The molecule has 0 aliphatic rings. The van der Waals surface area contributed by atoms with Gasteiger partial charge in [0.05, 0.1) is 6.54 Å². The van der Waals surface area contributed by atoms with Crippen molar-refractivity contribution in [3.8, 4) is 0 Å². The second-order valence-electron chi connectivity index (χ2n) is 7.16. The molecule has 0 aliphatic heterocycles. The summed E-state index contributed by atoms with van der Waals surface area (Å²) < 4.78 is 0. The number of carbonyl (C=O) groups is 2. The van der Waals surface area contributed by atoms with Crippen molar-refractivity contribution in [3.05, 3.63) is 65.8 Å². The number of nitrogens with zero attached hydrogens (tertiary/aromatic N) is 3. The van der Waals surface area contributed by atoms with E-state index in [1.54, 1.807) is 37.5 Å². The van der Waals surface area contributed by atoms with Gasteiger partial charge >= 0.3 is 0 Å². The summed E-state index contributed by atoms with van der Waals surface area (Å²) in [7, 11) is 0. The molecule has 1 aromatic heterocycles. The van der Waals surface area contributed by atoms with Crippen LogP contribution in [0.4, 0.5) is 5.69 Å². The molecular formula is C20H24N4O2. The van der Waals surface area contributed by atoms with Crippen LogP contribution in [-0.2, 0) is 16.8 Å². The van der Waals surface area contributed by atoms with Gasteiger partial charge in [-0.05, 0) is 30.7 Å². The Hall–Kier alpha value is -3.02. The van der Waals surface area contributed by atoms with E-state index in [2.05, 4.69) is 16.5 Å². The van der Waals surface area contributed by atoms with E-state index in [0.29, 0.717) is 11.3 Å². The maximum absolute atomic E-state index is 12.4. The van der Waals surface area contributed by atoms with Gasteiger partial charge in [0.15, 0.2) is 0 Å². The Morgan fingerprint density at radius 3 is 2.35 bits per heavy atom. The number of benzene rings is 1. The third kappa shape index (κ3) is 4.33. The first-order valence-electron chi connectivity index (χ1n) is 8.29. The normalized spacial score (nSPS) is 11.1. The highest BCUT2D eigenvalue weighted by Crippen LogP contribution is 2.22. The Kier molecular flexibility index (Phi) is 5.55. The first-order valence-corrected chi connectivity index (χ1v) is 8.29. The average molecular weight is 352 g/mol. The van der Waals surface area contributed by atoms with Gasteiger partial charge < -0.3 is 10.6 Å². The largest absolute Gasteiger partial charge is 0.366 e. The van der Waals surface area contributed by atoms with Crippen LogP contribution in [0.5, 0.6) is 0 Å². The number of hydrogen-bond donors (Lipinski definition) is 1. The molecule has 1 heterocycles. The predicted molar refractivity (Wildman–Crippen MR) is 102 cm³/mol. The van der Waals surface area contributed by atoms with Crippen molar-refractivity contribution < 1.29 is 9.59 Å². The number of primary amides is 1. The number of hydrogen-bond acceptors (Lipinski definition) is 4. The van der Waals surface area contributed by atoms with Crippen LogP contribution in [0.1, 0.15) is 48.1 Å². The maximum Gasteiger partial charge on any atom is 0.250 e. The van der Waals surface area contributed by atoms with E-state index >= 15 is 0 Å². The van der Waals surface area contributed by atoms with Crippen LogP contribution in [-0.4, -0.2) is 21.8 Å². The molecule has 2 amide bonds. The molecule has 2 rings (SSSR count). The summed E-state index contributed by atoms with van der Waals surface area (Å²) >= 11 is 0. The molecule has 6 nitrogen and oxygen atoms in total. The smallest absolute Gasteiger partial charge is 0.250 e. The Morgan fingerprint density at radius 2 is 1.85 bits per heavy atom. The first-order chi connectivity index (χ1) is 12.1. The third-order valence-corrected chi connectivity index (χ3v) is 3.96. The quantitative estimate of drug-likeness (QED) is 0.838. The number of aromatic nitrogens is 2. The number of aryl methyl sites for hydroxylation is 1. The van der Waals surface area contributed by atoms with E-state index in [-0.39, 0.29) is 17.9 Å². The molecule has 0 saturated carbocycles. The van der Waals surface area contributed by atoms with Gasteiger partial charge in [0.1, 0.15) is 5.82 Å². The fraction of sp³-hybridized carbons (Fsp3) is 0.300. The molecule has 6 heteroatoms. The zero-order valence-electron chi connectivity index (χ0n) is 15.6. The Bertz CT molecular complexity index is 836. The van der Waals surface area contributed by atoms with Gasteiger partial charge in [0.25, 0.3) is 5.91 Å². The van der Waals surface area contributed by atoms with Crippen molar-refractivity contribution in [1.29, 1.82) is 0 Å². The molecule has 2 N–H and O–H groups in total. The van der Waals surface area contributed by atoms with Gasteiger partial charge in [0, 0.05) is 34.6 Å². The van der Waals surface area contributed by atoms with Crippen molar-refractivity contribution in [2.24, 2.45) is 5.73 Å². The van der Waals surface area contributed by atoms with E-state index in [4.69, 9.17) is 5.73 Å². The molecule has 0 atom stereocenters. The second-order valence-corrected chi connectivity index (χ2v) is 7.16. The summed E-state index contributed by atoms with van der Waals surface area (Å²) in [6, 6.07) is 5.15. The van der Waals surface area contributed by atoms with Crippen molar-refractivity contribution in [2.45, 2.75) is 39.7 Å². The summed E-state index contributed by atoms with van der Waals surface area (Å²) in [6.45, 7) is 11.7. The Balaban J connectivity index is 2.37. The van der Waals surface area contributed by atoms with E-state index in [1.165, 1.54) is 11.0 Å². The van der Waals surface area contributed by atoms with Gasteiger partial charge in [-0.2, -0.15) is 0 Å². The molecule has 136 valence electrons. The highest BCUT2D eigenvalue weighted by molar-refractivity contribution is 6.02. The highest BCUT2D eigenvalue weighted by Gasteiger charge is 2.19. The fourth-order valence-electron chi connectivity index (χ4n) is 2.46. The van der Waals surface area contributed by atoms with Crippen molar-refractivity contribution in [2.75, 3.05) is 4.90 Å². The summed E-state index contributed by atoms with van der Waals surface area (Å²) in [5.74, 6) is -0.0911. The van der Waals surface area contributed by atoms with Crippen LogP contribution in [0.2, 0.25) is 0 Å². The number of nitrogens with two attached hydrogens (primary N) is 1. The molecule has 0 unspecified atom stereocenters. The highest BCUT2D eigenvalue weighted by atomic mass is 16.2.